The van der Waals surface area contributed by atoms with E-state index < -0.39 is 9.84 Å². The van der Waals surface area contributed by atoms with Gasteiger partial charge in [-0.1, -0.05) is 36.4 Å². The van der Waals surface area contributed by atoms with Gasteiger partial charge >= 0.3 is 0 Å². The molecule has 0 spiro atoms. The van der Waals surface area contributed by atoms with Crippen LogP contribution in [0.5, 0.6) is 0 Å². The van der Waals surface area contributed by atoms with Gasteiger partial charge in [0.15, 0.2) is 15.5 Å². The Morgan fingerprint density at radius 3 is 2.53 bits per heavy atom. The number of nitrogens with zero attached hydrogens (tertiary/aromatic N) is 3. The van der Waals surface area contributed by atoms with Crippen LogP contribution >= 0.6 is 0 Å². The summed E-state index contributed by atoms with van der Waals surface area (Å²) in [5.74, 6) is 0.122. The number of hydrogen-bond acceptors (Lipinski definition) is 4. The Bertz CT molecular complexity index is 1310. The first-order valence-corrected chi connectivity index (χ1v) is 12.9. The summed E-state index contributed by atoms with van der Waals surface area (Å²) in [5.41, 5.74) is 6.92. The van der Waals surface area contributed by atoms with Crippen LogP contribution in [-0.4, -0.2) is 47.1 Å². The number of aryl methyl sites for hydroxylation is 2. The molecule has 0 N–H and O–H groups in total. The molecule has 2 aromatic carbocycles. The molecule has 0 saturated carbocycles. The van der Waals surface area contributed by atoms with Gasteiger partial charge < -0.3 is 4.90 Å². The molecule has 5 rings (SSSR count). The minimum Gasteiger partial charge on any atom is -0.333 e. The lowest BCUT2D eigenvalue weighted by Crippen LogP contribution is -2.36. The molecule has 1 aromatic heterocycles. The molecule has 3 aromatic rings. The average Bonchev–Trinajstić information content (AvgIpc) is 3.38. The van der Waals surface area contributed by atoms with Crippen molar-refractivity contribution in [2.24, 2.45) is 0 Å². The number of rotatable bonds is 3. The van der Waals surface area contributed by atoms with Gasteiger partial charge in [-0.25, -0.2) is 8.42 Å². The van der Waals surface area contributed by atoms with E-state index in [2.05, 4.69) is 43.2 Å². The molecular weight excluding hydrogens is 422 g/mol. The molecule has 32 heavy (non-hydrogen) atoms. The zero-order valence-corrected chi connectivity index (χ0v) is 19.2. The summed E-state index contributed by atoms with van der Waals surface area (Å²) in [5, 5.41) is 4.68. The molecule has 3 heterocycles. The Morgan fingerprint density at radius 2 is 1.81 bits per heavy atom. The van der Waals surface area contributed by atoms with Gasteiger partial charge in [0, 0.05) is 18.7 Å². The molecule has 0 radical (unpaired) electrons. The number of sulfone groups is 1. The molecule has 166 valence electrons. The largest absolute Gasteiger partial charge is 0.333 e. The summed E-state index contributed by atoms with van der Waals surface area (Å²) in [6.07, 6.45) is 1.35. The second-order valence-electron chi connectivity index (χ2n) is 8.96. The number of benzene rings is 2. The minimum atomic E-state index is -3.08. The highest BCUT2D eigenvalue weighted by atomic mass is 32.2. The monoisotopic (exact) mass is 449 g/mol. The van der Waals surface area contributed by atoms with E-state index in [1.807, 2.05) is 29.2 Å². The van der Waals surface area contributed by atoms with Crippen molar-refractivity contribution in [2.45, 2.75) is 39.3 Å². The van der Waals surface area contributed by atoms with Crippen molar-refractivity contribution < 1.29 is 13.2 Å². The van der Waals surface area contributed by atoms with Crippen molar-refractivity contribution >= 4 is 15.7 Å². The van der Waals surface area contributed by atoms with Crippen LogP contribution in [0.4, 0.5) is 0 Å². The van der Waals surface area contributed by atoms with Gasteiger partial charge in [-0.15, -0.1) is 0 Å². The van der Waals surface area contributed by atoms with Gasteiger partial charge in [-0.05, 0) is 61.1 Å². The number of amides is 1. The molecule has 1 fully saturated rings. The highest BCUT2D eigenvalue weighted by molar-refractivity contribution is 7.91. The first-order chi connectivity index (χ1) is 15.3. The second-order valence-corrected chi connectivity index (χ2v) is 11.2. The van der Waals surface area contributed by atoms with Crippen LogP contribution in [0.15, 0.2) is 48.5 Å². The second kappa shape index (κ2) is 7.89. The van der Waals surface area contributed by atoms with E-state index in [0.717, 1.165) is 23.2 Å². The molecule has 2 aliphatic rings. The van der Waals surface area contributed by atoms with Gasteiger partial charge in [0.2, 0.25) is 0 Å². The van der Waals surface area contributed by atoms with Gasteiger partial charge in [0.1, 0.15) is 0 Å². The third-order valence-corrected chi connectivity index (χ3v) is 8.48. The molecule has 1 amide bonds. The Kier molecular flexibility index (Phi) is 5.16. The molecule has 7 heteroatoms. The highest BCUT2D eigenvalue weighted by Crippen LogP contribution is 2.31. The molecule has 1 saturated heterocycles. The summed E-state index contributed by atoms with van der Waals surface area (Å²) in [4.78, 5) is 15.2. The standard InChI is InChI=1S/C25H27N3O3S/c1-17-7-8-20(13-18(17)2)24-14-23(26-28(24)22-10-12-32(30,31)16-22)25(29)27-11-9-19-5-3-4-6-21(19)15-27/h3-8,13-14,22H,9-12,15-16H2,1-2H3. The third kappa shape index (κ3) is 3.86. The SMILES string of the molecule is Cc1ccc(-c2cc(C(=O)N3CCc4ccccc4C3)nn2C2CCS(=O)(=O)C2)cc1C. The molecule has 6 nitrogen and oxygen atoms in total. The lowest BCUT2D eigenvalue weighted by Gasteiger charge is -2.28. The normalized spacial score (nSPS) is 19.7. The topological polar surface area (TPSA) is 72.3 Å². The Balaban J connectivity index is 1.52. The zero-order valence-electron chi connectivity index (χ0n) is 18.4. The van der Waals surface area contributed by atoms with Crippen LogP contribution in [0.3, 0.4) is 0 Å². The number of fused-ring (bicyclic) bond motifs is 1. The average molecular weight is 450 g/mol. The van der Waals surface area contributed by atoms with Crippen molar-refractivity contribution in [3.63, 3.8) is 0 Å². The Morgan fingerprint density at radius 1 is 1.03 bits per heavy atom. The third-order valence-electron chi connectivity index (χ3n) is 6.73. The lowest BCUT2D eigenvalue weighted by atomic mass is 9.99. The quantitative estimate of drug-likeness (QED) is 0.611. The van der Waals surface area contributed by atoms with E-state index in [0.29, 0.717) is 25.2 Å². The molecule has 2 aliphatic heterocycles. The van der Waals surface area contributed by atoms with Gasteiger partial charge in [-0.2, -0.15) is 5.10 Å². The number of carbonyl (C=O) groups is 1. The summed E-state index contributed by atoms with van der Waals surface area (Å²) < 4.78 is 26.1. The van der Waals surface area contributed by atoms with Gasteiger partial charge in [0.25, 0.3) is 5.91 Å². The summed E-state index contributed by atoms with van der Waals surface area (Å²) >= 11 is 0. The number of carbonyl (C=O) groups excluding carboxylic acids is 1. The molecule has 0 aliphatic carbocycles. The van der Waals surface area contributed by atoms with Gasteiger partial charge in [0.05, 0.1) is 23.2 Å². The Labute approximate surface area is 188 Å². The smallest absolute Gasteiger partial charge is 0.274 e. The van der Waals surface area contributed by atoms with Crippen molar-refractivity contribution in [3.05, 3.63) is 76.5 Å². The summed E-state index contributed by atoms with van der Waals surface area (Å²) in [7, 11) is -3.08. The van der Waals surface area contributed by atoms with Crippen LogP contribution in [0.1, 0.15) is 45.2 Å². The molecule has 1 unspecified atom stereocenters. The van der Waals surface area contributed by atoms with Crippen molar-refractivity contribution in [1.29, 1.82) is 0 Å². The van der Waals surface area contributed by atoms with E-state index in [4.69, 9.17) is 0 Å². The molecule has 0 bridgehead atoms. The van der Waals surface area contributed by atoms with Crippen molar-refractivity contribution in [3.8, 4) is 11.3 Å². The fourth-order valence-corrected chi connectivity index (χ4v) is 6.38. The van der Waals surface area contributed by atoms with Crippen LogP contribution in [0.2, 0.25) is 0 Å². The maximum Gasteiger partial charge on any atom is 0.274 e. The van der Waals surface area contributed by atoms with Crippen LogP contribution in [0.25, 0.3) is 11.3 Å². The molecular formula is C25H27N3O3S. The fourth-order valence-electron chi connectivity index (χ4n) is 4.69. The first-order valence-electron chi connectivity index (χ1n) is 11.0. The number of hydrogen-bond donors (Lipinski definition) is 0. The predicted octanol–water partition coefficient (Wildman–Crippen LogP) is 3.73. The van der Waals surface area contributed by atoms with Crippen LogP contribution in [-0.2, 0) is 22.8 Å². The van der Waals surface area contributed by atoms with E-state index in [-0.39, 0.29) is 23.5 Å². The maximum absolute atomic E-state index is 13.4. The molecule has 1 atom stereocenters. The van der Waals surface area contributed by atoms with Crippen LogP contribution in [0, 0.1) is 13.8 Å². The Hall–Kier alpha value is -2.93. The highest BCUT2D eigenvalue weighted by Gasteiger charge is 2.33. The minimum absolute atomic E-state index is 0.0667. The van der Waals surface area contributed by atoms with Crippen LogP contribution < -0.4 is 0 Å². The number of aromatic nitrogens is 2. The summed E-state index contributed by atoms with van der Waals surface area (Å²) in [6, 6.07) is 15.9. The fraction of sp³-hybridized carbons (Fsp3) is 0.360. The van der Waals surface area contributed by atoms with Crippen molar-refractivity contribution in [1.82, 2.24) is 14.7 Å². The van der Waals surface area contributed by atoms with E-state index in [9.17, 15) is 13.2 Å². The zero-order chi connectivity index (χ0) is 22.5. The van der Waals surface area contributed by atoms with E-state index in [1.54, 1.807) is 4.68 Å². The lowest BCUT2D eigenvalue weighted by molar-refractivity contribution is 0.0727. The van der Waals surface area contributed by atoms with E-state index >= 15 is 0 Å². The maximum atomic E-state index is 13.4. The first kappa shape index (κ1) is 20.9. The predicted molar refractivity (Wildman–Crippen MR) is 124 cm³/mol. The summed E-state index contributed by atoms with van der Waals surface area (Å²) in [6.45, 7) is 5.33. The van der Waals surface area contributed by atoms with E-state index in [1.165, 1.54) is 16.7 Å². The van der Waals surface area contributed by atoms with Gasteiger partial charge in [-0.3, -0.25) is 9.48 Å². The van der Waals surface area contributed by atoms with Crippen molar-refractivity contribution in [2.75, 3.05) is 18.1 Å².